The number of allylic oxidation sites excluding steroid dienone is 1. The zero-order valence-corrected chi connectivity index (χ0v) is 21.1. The zero-order chi connectivity index (χ0) is 25.6. The van der Waals surface area contributed by atoms with Gasteiger partial charge in [-0.15, -0.1) is 0 Å². The topological polar surface area (TPSA) is 94.2 Å². The molecule has 1 aliphatic carbocycles. The van der Waals surface area contributed by atoms with Gasteiger partial charge in [-0.25, -0.2) is 0 Å². The van der Waals surface area contributed by atoms with Gasteiger partial charge in [0.2, 0.25) is 23.1 Å². The number of Topliss-reactive ketones (excluding diaryl/α,β-unsaturated/α-hetero) is 1. The molecule has 0 bridgehead atoms. The molecular formula is C27H27ClN2O6. The van der Waals surface area contributed by atoms with Crippen molar-refractivity contribution in [3.8, 4) is 17.2 Å². The molecule has 2 aromatic rings. The van der Waals surface area contributed by atoms with E-state index >= 15 is 0 Å². The summed E-state index contributed by atoms with van der Waals surface area (Å²) in [4.78, 5) is 41.8. The van der Waals surface area contributed by atoms with Crippen molar-refractivity contribution in [1.82, 2.24) is 5.32 Å². The molecule has 188 valence electrons. The Bertz CT molecular complexity index is 1310. The summed E-state index contributed by atoms with van der Waals surface area (Å²) < 4.78 is 16.7. The number of carbonyl (C=O) groups is 3. The van der Waals surface area contributed by atoms with Crippen molar-refractivity contribution in [2.45, 2.75) is 31.8 Å². The molecule has 9 heteroatoms. The highest BCUT2D eigenvalue weighted by atomic mass is 35.5. The molecule has 0 unspecified atom stereocenters. The summed E-state index contributed by atoms with van der Waals surface area (Å²) in [6.45, 7) is 2.47. The van der Waals surface area contributed by atoms with Crippen LogP contribution >= 0.6 is 11.6 Å². The van der Waals surface area contributed by atoms with Crippen LogP contribution in [0.2, 0.25) is 5.02 Å². The van der Waals surface area contributed by atoms with Crippen molar-refractivity contribution in [2.75, 3.05) is 32.2 Å². The summed E-state index contributed by atoms with van der Waals surface area (Å²) >= 11 is 6.43. The van der Waals surface area contributed by atoms with Gasteiger partial charge in [0, 0.05) is 36.0 Å². The molecule has 2 atom stereocenters. The second kappa shape index (κ2) is 9.17. The smallest absolute Gasteiger partial charge is 0.246 e. The lowest BCUT2D eigenvalue weighted by molar-refractivity contribution is -0.129. The van der Waals surface area contributed by atoms with Gasteiger partial charge in [0.25, 0.3) is 0 Å². The number of ether oxygens (including phenoxy) is 3. The van der Waals surface area contributed by atoms with Gasteiger partial charge in [0.1, 0.15) is 22.1 Å². The fraction of sp³-hybridized carbons (Fsp3) is 0.370. The number of fused-ring (bicyclic) bond motifs is 2. The highest BCUT2D eigenvalue weighted by molar-refractivity contribution is 6.36. The quantitative estimate of drug-likeness (QED) is 0.612. The van der Waals surface area contributed by atoms with Crippen LogP contribution in [0, 0.1) is 5.92 Å². The minimum Gasteiger partial charge on any atom is -0.496 e. The van der Waals surface area contributed by atoms with Crippen LogP contribution in [0.4, 0.5) is 5.69 Å². The second-order valence-electron chi connectivity index (χ2n) is 9.24. The largest absolute Gasteiger partial charge is 0.496 e. The lowest BCUT2D eigenvalue weighted by Crippen LogP contribution is -2.55. The first-order chi connectivity index (χ1) is 17.3. The number of para-hydroxylation sites is 1. The Kier molecular flexibility index (Phi) is 6.16. The van der Waals surface area contributed by atoms with Crippen LogP contribution in [0.15, 0.2) is 42.1 Å². The molecule has 2 heterocycles. The number of anilines is 1. The number of benzene rings is 2. The molecule has 0 saturated carbocycles. The van der Waals surface area contributed by atoms with E-state index in [1.54, 1.807) is 11.8 Å². The van der Waals surface area contributed by atoms with Gasteiger partial charge in [-0.3, -0.25) is 14.4 Å². The number of rotatable bonds is 5. The highest BCUT2D eigenvalue weighted by Crippen LogP contribution is 2.52. The SMILES string of the molecule is COc1cc(OC)c2c(c1Cl)O[C@@]1(C(=O)C=C(NCC(=O)N3CCCc4ccccc43)C[C@H]1C)C2=O. The number of ketones is 2. The van der Waals surface area contributed by atoms with Gasteiger partial charge < -0.3 is 24.4 Å². The Labute approximate surface area is 214 Å². The molecule has 1 N–H and O–H groups in total. The molecule has 5 rings (SSSR count). The van der Waals surface area contributed by atoms with Crippen LogP contribution < -0.4 is 24.4 Å². The third-order valence-electron chi connectivity index (χ3n) is 7.19. The summed E-state index contributed by atoms with van der Waals surface area (Å²) in [5.41, 5.74) is 1.06. The molecule has 0 aromatic heterocycles. The predicted octanol–water partition coefficient (Wildman–Crippen LogP) is 3.73. The van der Waals surface area contributed by atoms with Crippen molar-refractivity contribution in [3.05, 3.63) is 58.3 Å². The minimum atomic E-state index is -1.74. The maximum atomic E-state index is 13.6. The van der Waals surface area contributed by atoms with Crippen LogP contribution in [0.3, 0.4) is 0 Å². The molecule has 2 aliphatic heterocycles. The van der Waals surface area contributed by atoms with Gasteiger partial charge in [-0.2, -0.15) is 0 Å². The third-order valence-corrected chi connectivity index (χ3v) is 7.55. The molecule has 0 radical (unpaired) electrons. The molecule has 1 spiro atoms. The van der Waals surface area contributed by atoms with Gasteiger partial charge in [-0.05, 0) is 30.9 Å². The molecule has 8 nitrogen and oxygen atoms in total. The number of nitrogens with zero attached hydrogens (tertiary/aromatic N) is 1. The van der Waals surface area contributed by atoms with Gasteiger partial charge in [0.05, 0.1) is 20.8 Å². The number of nitrogens with one attached hydrogen (secondary N) is 1. The average molecular weight is 511 g/mol. The van der Waals surface area contributed by atoms with Gasteiger partial charge in [-0.1, -0.05) is 36.7 Å². The maximum Gasteiger partial charge on any atom is 0.246 e. The molecule has 3 aliphatic rings. The number of aryl methyl sites for hydroxylation is 1. The molecule has 0 saturated heterocycles. The van der Waals surface area contributed by atoms with E-state index in [9.17, 15) is 14.4 Å². The fourth-order valence-electron chi connectivity index (χ4n) is 5.33. The Morgan fingerprint density at radius 2 is 1.97 bits per heavy atom. The maximum absolute atomic E-state index is 13.6. The second-order valence-corrected chi connectivity index (χ2v) is 9.61. The number of halogens is 1. The van der Waals surface area contributed by atoms with E-state index < -0.39 is 23.1 Å². The first-order valence-electron chi connectivity index (χ1n) is 11.9. The third kappa shape index (κ3) is 3.63. The van der Waals surface area contributed by atoms with E-state index in [1.807, 2.05) is 24.3 Å². The average Bonchev–Trinajstić information content (AvgIpc) is 3.20. The summed E-state index contributed by atoms with van der Waals surface area (Å²) in [6.07, 6.45) is 3.55. The van der Waals surface area contributed by atoms with E-state index in [0.717, 1.165) is 24.1 Å². The lowest BCUT2D eigenvalue weighted by Gasteiger charge is -2.35. The molecule has 2 aromatic carbocycles. The Balaban J connectivity index is 1.36. The summed E-state index contributed by atoms with van der Waals surface area (Å²) in [6, 6.07) is 9.40. The fourth-order valence-corrected chi connectivity index (χ4v) is 5.59. The molecule has 36 heavy (non-hydrogen) atoms. The van der Waals surface area contributed by atoms with Gasteiger partial charge in [0.15, 0.2) is 5.75 Å². The number of carbonyl (C=O) groups excluding carboxylic acids is 3. The summed E-state index contributed by atoms with van der Waals surface area (Å²) in [7, 11) is 2.87. The first kappa shape index (κ1) is 24.2. The monoisotopic (exact) mass is 510 g/mol. The van der Waals surface area contributed by atoms with Crippen LogP contribution in [-0.2, 0) is 16.0 Å². The minimum absolute atomic E-state index is 0.0407. The Hall–Kier alpha value is -3.52. The van der Waals surface area contributed by atoms with E-state index in [0.29, 0.717) is 18.7 Å². The highest BCUT2D eigenvalue weighted by Gasteiger charge is 2.60. The molecule has 0 fully saturated rings. The van der Waals surface area contributed by atoms with E-state index in [1.165, 1.54) is 26.4 Å². The normalized spacial score (nSPS) is 22.5. The Morgan fingerprint density at radius 1 is 1.22 bits per heavy atom. The van der Waals surface area contributed by atoms with Crippen molar-refractivity contribution in [1.29, 1.82) is 0 Å². The van der Waals surface area contributed by atoms with Crippen LogP contribution in [-0.4, -0.2) is 50.4 Å². The van der Waals surface area contributed by atoms with Gasteiger partial charge >= 0.3 is 0 Å². The number of amides is 1. The number of methoxy groups -OCH3 is 2. The molecular weight excluding hydrogens is 484 g/mol. The van der Waals surface area contributed by atoms with Crippen LogP contribution in [0.1, 0.15) is 35.7 Å². The van der Waals surface area contributed by atoms with Crippen molar-refractivity contribution < 1.29 is 28.6 Å². The van der Waals surface area contributed by atoms with Crippen LogP contribution in [0.25, 0.3) is 0 Å². The van der Waals surface area contributed by atoms with Crippen molar-refractivity contribution in [2.24, 2.45) is 5.92 Å². The standard InChI is InChI=1S/C27H27ClN2O6/c1-15-11-17(29-14-22(32)30-10-6-8-16-7-4-5-9-18(16)30)12-21(31)27(15)26(33)23-19(34-2)13-20(35-3)24(28)25(23)36-27/h4-5,7,9,12-13,15,29H,6,8,10-11,14H2,1-3H3/t15-,27+/m1/s1. The number of hydrogen-bond acceptors (Lipinski definition) is 7. The summed E-state index contributed by atoms with van der Waals surface area (Å²) in [5.74, 6) is -0.993. The van der Waals surface area contributed by atoms with Crippen LogP contribution in [0.5, 0.6) is 17.2 Å². The number of hydrogen-bond donors (Lipinski definition) is 1. The van der Waals surface area contributed by atoms with E-state index in [2.05, 4.69) is 5.32 Å². The Morgan fingerprint density at radius 3 is 2.69 bits per heavy atom. The van der Waals surface area contributed by atoms with E-state index in [-0.39, 0.29) is 40.3 Å². The predicted molar refractivity (Wildman–Crippen MR) is 134 cm³/mol. The van der Waals surface area contributed by atoms with E-state index in [4.69, 9.17) is 25.8 Å². The first-order valence-corrected chi connectivity index (χ1v) is 12.2. The zero-order valence-electron chi connectivity index (χ0n) is 20.4. The lowest BCUT2D eigenvalue weighted by atomic mass is 9.74. The summed E-state index contributed by atoms with van der Waals surface area (Å²) in [5, 5.41) is 3.23. The molecule has 1 amide bonds. The van der Waals surface area contributed by atoms with Crippen molar-refractivity contribution >= 4 is 34.8 Å². The van der Waals surface area contributed by atoms with Crippen molar-refractivity contribution in [3.63, 3.8) is 0 Å².